The van der Waals surface area contributed by atoms with Gasteiger partial charge in [0.15, 0.2) is 0 Å². The van der Waals surface area contributed by atoms with Crippen molar-refractivity contribution in [3.05, 3.63) is 68.8 Å². The second kappa shape index (κ2) is 12.6. The molecule has 2 atom stereocenters. The molecule has 0 N–H and O–H groups in total. The average Bonchev–Trinajstić information content (AvgIpc) is 2.78. The Hall–Kier alpha value is -2.55. The van der Waals surface area contributed by atoms with E-state index in [2.05, 4.69) is 0 Å². The summed E-state index contributed by atoms with van der Waals surface area (Å²) in [6.07, 6.45) is 1.52. The lowest BCUT2D eigenvalue weighted by molar-refractivity contribution is -0.142. The third kappa shape index (κ3) is 6.60. The monoisotopic (exact) mass is 530 g/mol. The maximum Gasteiger partial charge on any atom is 0.487 e. The maximum atomic E-state index is 13.6. The van der Waals surface area contributed by atoms with Crippen molar-refractivity contribution in [1.82, 2.24) is 0 Å². The third-order valence-electron chi connectivity index (χ3n) is 6.45. The molecule has 0 amide bonds. The van der Waals surface area contributed by atoms with Crippen molar-refractivity contribution in [1.29, 1.82) is 0 Å². The zero-order valence-electron chi connectivity index (χ0n) is 22.4. The van der Waals surface area contributed by atoms with Crippen LogP contribution in [0.1, 0.15) is 80.8 Å². The lowest BCUT2D eigenvalue weighted by atomic mass is 10.0. The minimum absolute atomic E-state index is 0.0439. The molecule has 0 aliphatic rings. The summed E-state index contributed by atoms with van der Waals surface area (Å²) in [7, 11) is -6.12. The van der Waals surface area contributed by atoms with Crippen LogP contribution in [0.15, 0.2) is 24.3 Å². The highest BCUT2D eigenvalue weighted by Gasteiger charge is 2.63. The van der Waals surface area contributed by atoms with E-state index >= 15 is 0 Å². The molecule has 0 spiro atoms. The van der Waals surface area contributed by atoms with Gasteiger partial charge in [-0.05, 0) is 69.7 Å². The van der Waals surface area contributed by atoms with Gasteiger partial charge in [0, 0.05) is 0 Å². The molecule has 0 saturated heterocycles. The Morgan fingerprint density at radius 2 is 1.03 bits per heavy atom. The van der Waals surface area contributed by atoms with E-state index in [1.54, 1.807) is 52.0 Å². The van der Waals surface area contributed by atoms with E-state index in [-0.39, 0.29) is 23.7 Å². The van der Waals surface area contributed by atoms with Crippen molar-refractivity contribution in [3.63, 3.8) is 0 Å². The second-order valence-corrected chi connectivity index (χ2v) is 13.1. The Balaban J connectivity index is 2.54. The zero-order valence-corrected chi connectivity index (χ0v) is 24.2. The van der Waals surface area contributed by atoms with Gasteiger partial charge in [0.1, 0.15) is 0 Å². The molecule has 0 fully saturated rings. The molecule has 0 heterocycles. The van der Waals surface area contributed by atoms with Crippen molar-refractivity contribution >= 4 is 32.6 Å². The molecule has 0 radical (unpaired) electrons. The van der Waals surface area contributed by atoms with Crippen molar-refractivity contribution < 1.29 is 28.3 Å². The van der Waals surface area contributed by atoms with E-state index in [0.717, 1.165) is 24.0 Å². The van der Waals surface area contributed by atoms with Gasteiger partial charge in [0.25, 0.3) is 0 Å². The first-order valence-electron chi connectivity index (χ1n) is 12.2. The van der Waals surface area contributed by atoms with E-state index in [1.165, 1.54) is 0 Å². The van der Waals surface area contributed by atoms with Gasteiger partial charge in [-0.15, -0.1) is 0 Å². The van der Waals surface area contributed by atoms with Crippen molar-refractivity contribution in [2.45, 2.75) is 73.6 Å². The first-order valence-corrected chi connectivity index (χ1v) is 14.8. The molecule has 2 unspecified atom stereocenters. The van der Waals surface area contributed by atoms with Crippen LogP contribution in [0, 0.1) is 47.5 Å². The van der Waals surface area contributed by atoms with E-state index in [0.29, 0.717) is 22.3 Å². The highest BCUT2D eigenvalue weighted by atomic mass is 31.2. The summed E-state index contributed by atoms with van der Waals surface area (Å²) in [6, 6.07) is 7.14. The number of rotatable bonds is 11. The standard InChI is InChI=1S/C28H36O6P2/c1-9-22(10-2)15-34-25(29)28(35(32)26(30)23-18(5)11-16(3)12-19(23)6)36(33)27(31)24-20(7)13-17(4)14-21(24)8/h11-14,22,28H,9-10,15H2,1-8H3/q+2. The van der Waals surface area contributed by atoms with Crippen molar-refractivity contribution in [2.24, 2.45) is 5.92 Å². The largest absolute Gasteiger partial charge is 0.487 e. The lowest BCUT2D eigenvalue weighted by Crippen LogP contribution is -2.24. The minimum Gasteiger partial charge on any atom is -0.459 e. The Morgan fingerprint density at radius 3 is 1.33 bits per heavy atom. The molecule has 8 heteroatoms. The molecular weight excluding hydrogens is 494 g/mol. The number of benzene rings is 2. The zero-order chi connectivity index (χ0) is 27.3. The number of esters is 1. The molecule has 0 aliphatic heterocycles. The molecule has 2 aromatic rings. The molecule has 36 heavy (non-hydrogen) atoms. The Kier molecular flexibility index (Phi) is 10.4. The first kappa shape index (κ1) is 29.7. The molecule has 2 aromatic carbocycles. The highest BCUT2D eigenvalue weighted by molar-refractivity contribution is 7.82. The van der Waals surface area contributed by atoms with Gasteiger partial charge in [-0.1, -0.05) is 71.2 Å². The van der Waals surface area contributed by atoms with Crippen LogP contribution in [0.5, 0.6) is 0 Å². The predicted molar refractivity (Wildman–Crippen MR) is 144 cm³/mol. The van der Waals surface area contributed by atoms with E-state index < -0.39 is 38.0 Å². The van der Waals surface area contributed by atoms with E-state index in [1.807, 2.05) is 27.7 Å². The molecule has 6 nitrogen and oxygen atoms in total. The number of hydrogen-bond acceptors (Lipinski definition) is 6. The molecule has 2 rings (SSSR count). The van der Waals surface area contributed by atoms with Crippen molar-refractivity contribution in [2.75, 3.05) is 6.61 Å². The van der Waals surface area contributed by atoms with Gasteiger partial charge >= 0.3 is 38.0 Å². The molecule has 0 aliphatic carbocycles. The predicted octanol–water partition coefficient (Wildman–Crippen LogP) is 7.48. The topological polar surface area (TPSA) is 94.6 Å². The van der Waals surface area contributed by atoms with E-state index in [4.69, 9.17) is 4.74 Å². The molecule has 0 bridgehead atoms. The third-order valence-corrected chi connectivity index (χ3v) is 10.3. The fourth-order valence-electron chi connectivity index (χ4n) is 4.56. The number of ether oxygens (including phenoxy) is 1. The number of carbonyl (C=O) groups excluding carboxylic acids is 3. The summed E-state index contributed by atoms with van der Waals surface area (Å²) in [6.45, 7) is 14.6. The van der Waals surface area contributed by atoms with Crippen LogP contribution in [0.3, 0.4) is 0 Å². The minimum atomic E-state index is -3.06. The van der Waals surface area contributed by atoms with Crippen molar-refractivity contribution in [3.8, 4) is 0 Å². The normalized spacial score (nSPS) is 12.8. The van der Waals surface area contributed by atoms with Crippen LogP contribution in [-0.4, -0.2) is 29.0 Å². The van der Waals surface area contributed by atoms with Gasteiger partial charge in [0.2, 0.25) is 0 Å². The van der Waals surface area contributed by atoms with Crippen LogP contribution in [-0.2, 0) is 18.7 Å². The summed E-state index contributed by atoms with van der Waals surface area (Å²) in [5, 5.41) is -1.86. The second-order valence-electron chi connectivity index (χ2n) is 9.50. The SMILES string of the molecule is CCC(CC)COC(=O)C([P+](=O)C(=O)c1c(C)cc(C)cc1C)[P+](=O)C(=O)c1c(C)cc(C)cc1C. The van der Waals surface area contributed by atoms with Gasteiger partial charge in [0.05, 0.1) is 17.7 Å². The quantitative estimate of drug-likeness (QED) is 0.221. The van der Waals surface area contributed by atoms with Crippen LogP contribution in [0.2, 0.25) is 0 Å². The fraction of sp³-hybridized carbons (Fsp3) is 0.464. The van der Waals surface area contributed by atoms with E-state index in [9.17, 15) is 23.5 Å². The summed E-state index contributed by atoms with van der Waals surface area (Å²) < 4.78 is 32.7. The summed E-state index contributed by atoms with van der Waals surface area (Å²) in [5.74, 6) is -0.962. The Morgan fingerprint density at radius 1 is 0.694 bits per heavy atom. The number of hydrogen-bond donors (Lipinski definition) is 0. The average molecular weight is 531 g/mol. The number of aryl methyl sites for hydroxylation is 6. The molecule has 192 valence electrons. The van der Waals surface area contributed by atoms with Gasteiger partial charge < -0.3 is 4.74 Å². The smallest absolute Gasteiger partial charge is 0.459 e. The Labute approximate surface area is 215 Å². The van der Waals surface area contributed by atoms with Crippen LogP contribution in [0.4, 0.5) is 0 Å². The van der Waals surface area contributed by atoms with Gasteiger partial charge in [-0.2, -0.15) is 0 Å². The summed E-state index contributed by atoms with van der Waals surface area (Å²) in [4.78, 5) is 40.0. The van der Waals surface area contributed by atoms with Gasteiger partial charge in [-0.25, -0.2) is 14.4 Å². The lowest BCUT2D eigenvalue weighted by Gasteiger charge is -2.12. The molecule has 0 aromatic heterocycles. The highest BCUT2D eigenvalue weighted by Crippen LogP contribution is 2.50. The molecular formula is C28H36O6P2+2. The van der Waals surface area contributed by atoms with Gasteiger partial charge in [-0.3, -0.25) is 0 Å². The Bertz CT molecular complexity index is 1100. The summed E-state index contributed by atoms with van der Waals surface area (Å²) in [5.41, 5.74) is 3.16. The summed E-state index contributed by atoms with van der Waals surface area (Å²) >= 11 is 0. The first-order chi connectivity index (χ1) is 16.8. The van der Waals surface area contributed by atoms with Crippen LogP contribution >= 0.6 is 15.6 Å². The van der Waals surface area contributed by atoms with Crippen LogP contribution in [0.25, 0.3) is 0 Å². The van der Waals surface area contributed by atoms with Crippen LogP contribution < -0.4 is 0 Å². The maximum absolute atomic E-state index is 13.6. The number of carbonyl (C=O) groups is 3. The molecule has 0 saturated carbocycles. The fourth-order valence-corrected chi connectivity index (χ4v) is 8.08.